The number of pyridine rings is 2. The molecule has 0 aromatic carbocycles. The molecule has 90 valence electrons. The highest BCUT2D eigenvalue weighted by atomic mass is 35.5. The van der Waals surface area contributed by atoms with Gasteiger partial charge >= 0.3 is 0 Å². The Kier molecular flexibility index (Phi) is 2.64. The van der Waals surface area contributed by atoms with Crippen LogP contribution in [0.5, 0.6) is 5.75 Å². The number of hydrogen-bond donors (Lipinski definition) is 0. The van der Waals surface area contributed by atoms with Crippen LogP contribution in [0, 0.1) is 0 Å². The van der Waals surface area contributed by atoms with Crippen molar-refractivity contribution in [1.29, 1.82) is 0 Å². The van der Waals surface area contributed by atoms with Gasteiger partial charge in [-0.25, -0.2) is 4.98 Å². The average molecular weight is 260 g/mol. The van der Waals surface area contributed by atoms with Crippen LogP contribution in [-0.4, -0.2) is 21.5 Å². The van der Waals surface area contributed by atoms with Crippen LogP contribution < -0.4 is 4.74 Å². The molecule has 3 heterocycles. The smallest absolute Gasteiger partial charge is 0.140 e. The van der Waals surface area contributed by atoms with Crippen LogP contribution in [0.4, 0.5) is 0 Å². The lowest BCUT2D eigenvalue weighted by atomic mass is 10.3. The van der Waals surface area contributed by atoms with E-state index in [1.807, 2.05) is 28.8 Å². The summed E-state index contributed by atoms with van der Waals surface area (Å²) in [6, 6.07) is 7.31. The second-order valence-electron chi connectivity index (χ2n) is 3.80. The summed E-state index contributed by atoms with van der Waals surface area (Å²) in [5.41, 5.74) is 2.50. The third-order valence-corrected chi connectivity index (χ3v) is 2.94. The van der Waals surface area contributed by atoms with Gasteiger partial charge in [0.15, 0.2) is 0 Å². The molecule has 0 unspecified atom stereocenters. The van der Waals surface area contributed by atoms with E-state index >= 15 is 0 Å². The van der Waals surface area contributed by atoms with Crippen LogP contribution in [0.2, 0.25) is 5.02 Å². The SMILES string of the molecule is COc1ccn2c(-c3cc(Cl)ccn3)cnc2c1. The van der Waals surface area contributed by atoms with Gasteiger partial charge in [-0.15, -0.1) is 0 Å². The molecule has 0 atom stereocenters. The zero-order chi connectivity index (χ0) is 12.5. The lowest BCUT2D eigenvalue weighted by Gasteiger charge is -2.03. The van der Waals surface area contributed by atoms with Crippen LogP contribution in [0.15, 0.2) is 42.9 Å². The van der Waals surface area contributed by atoms with Crippen molar-refractivity contribution in [3.05, 3.63) is 47.9 Å². The first-order valence-corrected chi connectivity index (χ1v) is 5.79. The Morgan fingerprint density at radius 3 is 2.89 bits per heavy atom. The van der Waals surface area contributed by atoms with E-state index in [4.69, 9.17) is 16.3 Å². The number of nitrogens with zero attached hydrogens (tertiary/aromatic N) is 3. The van der Waals surface area contributed by atoms with Gasteiger partial charge in [-0.2, -0.15) is 0 Å². The van der Waals surface area contributed by atoms with Crippen molar-refractivity contribution in [3.63, 3.8) is 0 Å². The summed E-state index contributed by atoms with van der Waals surface area (Å²) in [6.45, 7) is 0. The van der Waals surface area contributed by atoms with E-state index in [9.17, 15) is 0 Å². The molecule has 0 aliphatic rings. The standard InChI is InChI=1S/C13H10ClN3O/c1-18-10-3-5-17-12(8-16-13(17)7-10)11-6-9(14)2-4-15-11/h2-8H,1H3. The van der Waals surface area contributed by atoms with E-state index in [2.05, 4.69) is 9.97 Å². The fraction of sp³-hybridized carbons (Fsp3) is 0.0769. The van der Waals surface area contributed by atoms with Crippen molar-refractivity contribution >= 4 is 17.2 Å². The Labute approximate surface area is 109 Å². The molecule has 4 nitrogen and oxygen atoms in total. The van der Waals surface area contributed by atoms with E-state index in [1.54, 1.807) is 25.6 Å². The van der Waals surface area contributed by atoms with Gasteiger partial charge in [0.05, 0.1) is 24.7 Å². The summed E-state index contributed by atoms with van der Waals surface area (Å²) < 4.78 is 7.11. The van der Waals surface area contributed by atoms with Crippen molar-refractivity contribution in [2.24, 2.45) is 0 Å². The molecule has 0 aliphatic heterocycles. The highest BCUT2D eigenvalue weighted by Gasteiger charge is 2.08. The predicted molar refractivity (Wildman–Crippen MR) is 70.0 cm³/mol. The molecule has 0 aliphatic carbocycles. The van der Waals surface area contributed by atoms with Crippen LogP contribution in [0.25, 0.3) is 17.0 Å². The summed E-state index contributed by atoms with van der Waals surface area (Å²) in [5.74, 6) is 0.777. The highest BCUT2D eigenvalue weighted by molar-refractivity contribution is 6.30. The van der Waals surface area contributed by atoms with Crippen LogP contribution in [0.3, 0.4) is 0 Å². The number of fused-ring (bicyclic) bond motifs is 1. The van der Waals surface area contributed by atoms with Gasteiger partial charge in [-0.3, -0.25) is 9.38 Å². The Hall–Kier alpha value is -2.07. The third-order valence-electron chi connectivity index (χ3n) is 2.70. The second-order valence-corrected chi connectivity index (χ2v) is 4.23. The van der Waals surface area contributed by atoms with Gasteiger partial charge in [0.25, 0.3) is 0 Å². The first-order chi connectivity index (χ1) is 8.78. The van der Waals surface area contributed by atoms with Crippen molar-refractivity contribution < 1.29 is 4.74 Å². The largest absolute Gasteiger partial charge is 0.497 e. The molecule has 3 aromatic heterocycles. The monoisotopic (exact) mass is 259 g/mol. The molecule has 0 spiro atoms. The average Bonchev–Trinajstić information content (AvgIpc) is 2.81. The first kappa shape index (κ1) is 11.0. The fourth-order valence-electron chi connectivity index (χ4n) is 1.82. The Bertz CT molecular complexity index is 708. The lowest BCUT2D eigenvalue weighted by Crippen LogP contribution is -1.91. The van der Waals surface area contributed by atoms with E-state index in [0.29, 0.717) is 5.02 Å². The normalized spacial score (nSPS) is 10.8. The number of imidazole rings is 1. The summed E-state index contributed by atoms with van der Waals surface area (Å²) in [4.78, 5) is 8.63. The molecule has 5 heteroatoms. The molecule has 3 aromatic rings. The molecular weight excluding hydrogens is 250 g/mol. The zero-order valence-electron chi connectivity index (χ0n) is 9.67. The van der Waals surface area contributed by atoms with Gasteiger partial charge in [0.1, 0.15) is 11.4 Å². The quantitative estimate of drug-likeness (QED) is 0.710. The van der Waals surface area contributed by atoms with Gasteiger partial charge < -0.3 is 4.74 Å². The molecule has 0 saturated carbocycles. The number of ether oxygens (including phenoxy) is 1. The van der Waals surface area contributed by atoms with Crippen LogP contribution in [-0.2, 0) is 0 Å². The molecule has 0 N–H and O–H groups in total. The highest BCUT2D eigenvalue weighted by Crippen LogP contribution is 2.23. The maximum absolute atomic E-state index is 5.97. The maximum atomic E-state index is 5.97. The third kappa shape index (κ3) is 1.80. The van der Waals surface area contributed by atoms with Gasteiger partial charge in [0.2, 0.25) is 0 Å². The first-order valence-electron chi connectivity index (χ1n) is 5.41. The number of aromatic nitrogens is 3. The lowest BCUT2D eigenvalue weighted by molar-refractivity contribution is 0.414. The Balaban J connectivity index is 2.18. The summed E-state index contributed by atoms with van der Waals surface area (Å²) >= 11 is 5.97. The van der Waals surface area contributed by atoms with E-state index in [1.165, 1.54) is 0 Å². The minimum atomic E-state index is 0.656. The van der Waals surface area contributed by atoms with E-state index in [-0.39, 0.29) is 0 Å². The minimum absolute atomic E-state index is 0.656. The maximum Gasteiger partial charge on any atom is 0.140 e. The topological polar surface area (TPSA) is 39.4 Å². The molecule has 0 saturated heterocycles. The second kappa shape index (κ2) is 4.31. The Morgan fingerprint density at radius 1 is 1.22 bits per heavy atom. The number of hydrogen-bond acceptors (Lipinski definition) is 3. The van der Waals surface area contributed by atoms with Crippen LogP contribution in [0.1, 0.15) is 0 Å². The van der Waals surface area contributed by atoms with Gasteiger partial charge in [0, 0.05) is 23.5 Å². The molecule has 0 fully saturated rings. The fourth-order valence-corrected chi connectivity index (χ4v) is 1.98. The summed E-state index contributed by atoms with van der Waals surface area (Å²) in [6.07, 6.45) is 5.35. The van der Waals surface area contributed by atoms with E-state index in [0.717, 1.165) is 22.8 Å². The molecule has 0 bridgehead atoms. The zero-order valence-corrected chi connectivity index (χ0v) is 10.4. The molecular formula is C13H10ClN3O. The molecule has 0 amide bonds. The van der Waals surface area contributed by atoms with Gasteiger partial charge in [-0.1, -0.05) is 11.6 Å². The molecule has 0 radical (unpaired) electrons. The Morgan fingerprint density at radius 2 is 2.11 bits per heavy atom. The number of methoxy groups -OCH3 is 1. The summed E-state index contributed by atoms with van der Waals surface area (Å²) in [5, 5.41) is 0.656. The van der Waals surface area contributed by atoms with Crippen molar-refractivity contribution in [1.82, 2.24) is 14.4 Å². The van der Waals surface area contributed by atoms with Crippen molar-refractivity contribution in [2.75, 3.05) is 7.11 Å². The number of halogens is 1. The van der Waals surface area contributed by atoms with Crippen LogP contribution >= 0.6 is 11.6 Å². The number of rotatable bonds is 2. The van der Waals surface area contributed by atoms with E-state index < -0.39 is 0 Å². The molecule has 3 rings (SSSR count). The minimum Gasteiger partial charge on any atom is -0.497 e. The molecule has 18 heavy (non-hydrogen) atoms. The summed E-state index contributed by atoms with van der Waals surface area (Å²) in [7, 11) is 1.63. The van der Waals surface area contributed by atoms with Crippen molar-refractivity contribution in [3.8, 4) is 17.1 Å². The van der Waals surface area contributed by atoms with Crippen molar-refractivity contribution in [2.45, 2.75) is 0 Å². The van der Waals surface area contributed by atoms with Gasteiger partial charge in [-0.05, 0) is 18.2 Å². The predicted octanol–water partition coefficient (Wildman–Crippen LogP) is 3.06.